The molecule has 140 valence electrons. The van der Waals surface area contributed by atoms with Crippen molar-refractivity contribution in [2.75, 3.05) is 32.8 Å². The zero-order chi connectivity index (χ0) is 18.6. The summed E-state index contributed by atoms with van der Waals surface area (Å²) in [5, 5.41) is 3.00. The van der Waals surface area contributed by atoms with Crippen molar-refractivity contribution >= 4 is 11.9 Å². The smallest absolute Gasteiger partial charge is 0.340 e. The van der Waals surface area contributed by atoms with E-state index in [1.165, 1.54) is 0 Å². The van der Waals surface area contributed by atoms with Crippen LogP contribution >= 0.6 is 0 Å². The van der Waals surface area contributed by atoms with E-state index in [4.69, 9.17) is 9.47 Å². The molecule has 1 aliphatic heterocycles. The summed E-state index contributed by atoms with van der Waals surface area (Å²) >= 11 is 0. The summed E-state index contributed by atoms with van der Waals surface area (Å²) in [6.07, 6.45) is -0.202. The van der Waals surface area contributed by atoms with E-state index in [1.54, 1.807) is 27.7 Å². The minimum atomic E-state index is -0.401. The van der Waals surface area contributed by atoms with Gasteiger partial charge in [0.15, 0.2) is 0 Å². The number of hydrogen-bond donors (Lipinski definition) is 2. The highest BCUT2D eigenvalue weighted by Crippen LogP contribution is 2.19. The van der Waals surface area contributed by atoms with Crippen LogP contribution in [0.2, 0.25) is 0 Å². The van der Waals surface area contributed by atoms with Gasteiger partial charge in [0.2, 0.25) is 0 Å². The Hall–Kier alpha value is -1.86. The van der Waals surface area contributed by atoms with Crippen LogP contribution in [0.25, 0.3) is 0 Å². The second-order valence-corrected chi connectivity index (χ2v) is 6.87. The number of carbonyl (C=O) groups excluding carboxylic acids is 2. The molecule has 0 bridgehead atoms. The third-order valence-corrected chi connectivity index (χ3v) is 4.22. The highest BCUT2D eigenvalue weighted by atomic mass is 16.5. The lowest BCUT2D eigenvalue weighted by Crippen LogP contribution is -2.46. The van der Waals surface area contributed by atoms with Gasteiger partial charge in [-0.05, 0) is 40.2 Å². The minimum Gasteiger partial charge on any atom is -0.459 e. The van der Waals surface area contributed by atoms with E-state index in [-0.39, 0.29) is 18.1 Å². The van der Waals surface area contributed by atoms with Crippen LogP contribution in [0.4, 0.5) is 0 Å². The molecule has 0 saturated carbocycles. The number of ether oxygens (including phenoxy) is 2. The van der Waals surface area contributed by atoms with Crippen LogP contribution in [-0.4, -0.2) is 66.8 Å². The van der Waals surface area contributed by atoms with Crippen LogP contribution in [0.15, 0.2) is 0 Å². The van der Waals surface area contributed by atoms with Crippen molar-refractivity contribution in [2.24, 2.45) is 0 Å². The number of rotatable bonds is 6. The maximum Gasteiger partial charge on any atom is 0.340 e. The Bertz CT molecular complexity index is 618. The number of aromatic nitrogens is 1. The Kier molecular flexibility index (Phi) is 6.61. The molecule has 1 aliphatic rings. The molecule has 2 rings (SSSR count). The van der Waals surface area contributed by atoms with Gasteiger partial charge in [-0.2, -0.15) is 0 Å². The molecule has 0 aromatic carbocycles. The van der Waals surface area contributed by atoms with E-state index in [9.17, 15) is 9.59 Å². The molecule has 7 nitrogen and oxygen atoms in total. The molecule has 1 fully saturated rings. The standard InChI is InChI=1S/C18H29N3O4/c1-11(2)25-18(23)15-13(4)16(20-14(15)5)17(22)19-12(3)10-21-6-8-24-9-7-21/h11-12,20H,6-10H2,1-5H3,(H,19,22)/t12-/m0/s1. The third-order valence-electron chi connectivity index (χ3n) is 4.22. The quantitative estimate of drug-likeness (QED) is 0.762. The third kappa shape index (κ3) is 5.06. The first kappa shape index (κ1) is 19.5. The van der Waals surface area contributed by atoms with Gasteiger partial charge in [0, 0.05) is 31.4 Å². The number of esters is 1. The molecule has 0 aliphatic carbocycles. The maximum absolute atomic E-state index is 12.6. The van der Waals surface area contributed by atoms with Gasteiger partial charge in [-0.3, -0.25) is 9.69 Å². The topological polar surface area (TPSA) is 83.7 Å². The van der Waals surface area contributed by atoms with E-state index in [1.807, 2.05) is 6.92 Å². The summed E-state index contributed by atoms with van der Waals surface area (Å²) < 4.78 is 10.6. The zero-order valence-corrected chi connectivity index (χ0v) is 15.8. The summed E-state index contributed by atoms with van der Waals surface area (Å²) in [5.74, 6) is -0.605. The largest absolute Gasteiger partial charge is 0.459 e. The Morgan fingerprint density at radius 1 is 1.24 bits per heavy atom. The molecule has 1 saturated heterocycles. The molecule has 1 aromatic rings. The van der Waals surface area contributed by atoms with Crippen LogP contribution in [0.5, 0.6) is 0 Å². The number of morpholine rings is 1. The Morgan fingerprint density at radius 2 is 1.88 bits per heavy atom. The van der Waals surface area contributed by atoms with Crippen molar-refractivity contribution in [3.63, 3.8) is 0 Å². The molecule has 1 amide bonds. The van der Waals surface area contributed by atoms with Crippen LogP contribution < -0.4 is 5.32 Å². The summed E-state index contributed by atoms with van der Waals surface area (Å²) in [5.41, 5.74) is 2.13. The summed E-state index contributed by atoms with van der Waals surface area (Å²) in [6.45, 7) is 13.1. The monoisotopic (exact) mass is 351 g/mol. The van der Waals surface area contributed by atoms with E-state index in [0.717, 1.165) is 32.8 Å². The van der Waals surface area contributed by atoms with E-state index in [2.05, 4.69) is 15.2 Å². The first-order chi connectivity index (χ1) is 11.8. The fraction of sp³-hybridized carbons (Fsp3) is 0.667. The SMILES string of the molecule is Cc1[nH]c(C(=O)N[C@@H](C)CN2CCOCC2)c(C)c1C(=O)OC(C)C. The first-order valence-corrected chi connectivity index (χ1v) is 8.80. The van der Waals surface area contributed by atoms with Crippen molar-refractivity contribution in [1.29, 1.82) is 0 Å². The van der Waals surface area contributed by atoms with E-state index < -0.39 is 5.97 Å². The second-order valence-electron chi connectivity index (χ2n) is 6.87. The molecule has 2 N–H and O–H groups in total. The fourth-order valence-corrected chi connectivity index (χ4v) is 3.07. The first-order valence-electron chi connectivity index (χ1n) is 8.80. The number of H-pyrrole nitrogens is 1. The molecule has 0 spiro atoms. The van der Waals surface area contributed by atoms with Crippen molar-refractivity contribution in [2.45, 2.75) is 46.8 Å². The predicted molar refractivity (Wildman–Crippen MR) is 95.0 cm³/mol. The van der Waals surface area contributed by atoms with E-state index >= 15 is 0 Å². The fourth-order valence-electron chi connectivity index (χ4n) is 3.07. The molecule has 1 atom stereocenters. The number of aryl methyl sites for hydroxylation is 1. The van der Waals surface area contributed by atoms with Gasteiger partial charge in [0.1, 0.15) is 5.69 Å². The number of aromatic amines is 1. The van der Waals surface area contributed by atoms with Crippen LogP contribution in [0, 0.1) is 13.8 Å². The summed E-state index contributed by atoms with van der Waals surface area (Å²) in [6, 6.07) is -0.000304. The molecule has 7 heteroatoms. The van der Waals surface area contributed by atoms with Crippen LogP contribution in [0.1, 0.15) is 52.9 Å². The lowest BCUT2D eigenvalue weighted by molar-refractivity contribution is 0.0342. The highest BCUT2D eigenvalue weighted by Gasteiger charge is 2.24. The van der Waals surface area contributed by atoms with Gasteiger partial charge in [-0.15, -0.1) is 0 Å². The molecule has 1 aromatic heterocycles. The average Bonchev–Trinajstić information content (AvgIpc) is 2.82. The second kappa shape index (κ2) is 8.49. The highest BCUT2D eigenvalue weighted by molar-refractivity contribution is 6.00. The normalized spacial score (nSPS) is 16.7. The number of carbonyl (C=O) groups is 2. The number of nitrogens with one attached hydrogen (secondary N) is 2. The average molecular weight is 351 g/mol. The number of amides is 1. The van der Waals surface area contributed by atoms with Crippen LogP contribution in [-0.2, 0) is 9.47 Å². The molecular formula is C18H29N3O4. The zero-order valence-electron chi connectivity index (χ0n) is 15.8. The van der Waals surface area contributed by atoms with Crippen molar-refractivity contribution in [3.8, 4) is 0 Å². The molecular weight excluding hydrogens is 322 g/mol. The Labute approximate surface area is 149 Å². The van der Waals surface area contributed by atoms with Gasteiger partial charge in [-0.1, -0.05) is 0 Å². The summed E-state index contributed by atoms with van der Waals surface area (Å²) in [4.78, 5) is 30.1. The molecule has 0 unspecified atom stereocenters. The number of nitrogens with zero attached hydrogens (tertiary/aromatic N) is 1. The van der Waals surface area contributed by atoms with Crippen molar-refractivity contribution in [1.82, 2.24) is 15.2 Å². The van der Waals surface area contributed by atoms with E-state index in [0.29, 0.717) is 22.5 Å². The molecule has 0 radical (unpaired) electrons. The Balaban J connectivity index is 2.02. The molecule has 25 heavy (non-hydrogen) atoms. The van der Waals surface area contributed by atoms with Crippen LogP contribution in [0.3, 0.4) is 0 Å². The Morgan fingerprint density at radius 3 is 2.48 bits per heavy atom. The predicted octanol–water partition coefficient (Wildman–Crippen LogP) is 1.65. The lowest BCUT2D eigenvalue weighted by Gasteiger charge is -2.29. The minimum absolute atomic E-state index is 0.000304. The van der Waals surface area contributed by atoms with Gasteiger partial charge in [-0.25, -0.2) is 4.79 Å². The van der Waals surface area contributed by atoms with Crippen molar-refractivity contribution in [3.05, 3.63) is 22.5 Å². The van der Waals surface area contributed by atoms with Gasteiger partial charge in [0.05, 0.1) is 24.9 Å². The van der Waals surface area contributed by atoms with Crippen molar-refractivity contribution < 1.29 is 19.1 Å². The van der Waals surface area contributed by atoms with Gasteiger partial charge < -0.3 is 19.8 Å². The van der Waals surface area contributed by atoms with Gasteiger partial charge in [0.25, 0.3) is 5.91 Å². The number of hydrogen-bond acceptors (Lipinski definition) is 5. The maximum atomic E-state index is 12.6. The lowest BCUT2D eigenvalue weighted by atomic mass is 10.1. The summed E-state index contributed by atoms with van der Waals surface area (Å²) in [7, 11) is 0. The van der Waals surface area contributed by atoms with Gasteiger partial charge >= 0.3 is 5.97 Å². The molecule has 2 heterocycles.